The number of carboxylic acids is 1. The Labute approximate surface area is 145 Å². The number of aryl methyl sites for hydroxylation is 2. The maximum atomic E-state index is 12.4. The first-order chi connectivity index (χ1) is 11.8. The van der Waals surface area contributed by atoms with E-state index in [-0.39, 0.29) is 5.91 Å². The second-order valence-electron chi connectivity index (χ2n) is 5.57. The molecule has 0 fully saturated rings. The normalized spacial score (nSPS) is 10.5. The zero-order valence-corrected chi connectivity index (χ0v) is 13.9. The Bertz CT molecular complexity index is 836. The molecule has 0 aliphatic rings. The van der Waals surface area contributed by atoms with Gasteiger partial charge in [-0.05, 0) is 55.3 Å². The zero-order valence-electron chi connectivity index (χ0n) is 13.9. The molecule has 0 aliphatic heterocycles. The smallest absolute Gasteiger partial charge is 0.328 e. The third kappa shape index (κ3) is 5.62. The maximum absolute atomic E-state index is 12.4. The van der Waals surface area contributed by atoms with Gasteiger partial charge < -0.3 is 15.7 Å². The molecule has 0 atom stereocenters. The van der Waals surface area contributed by atoms with E-state index in [2.05, 4.69) is 10.6 Å². The van der Waals surface area contributed by atoms with Crippen molar-refractivity contribution < 1.29 is 19.5 Å². The summed E-state index contributed by atoms with van der Waals surface area (Å²) in [7, 11) is 0. The van der Waals surface area contributed by atoms with Crippen LogP contribution in [0.2, 0.25) is 0 Å². The molecule has 2 aromatic carbocycles. The molecule has 0 heterocycles. The Kier molecular flexibility index (Phi) is 5.68. The van der Waals surface area contributed by atoms with Crippen LogP contribution in [0, 0.1) is 13.8 Å². The minimum atomic E-state index is -1.21. The van der Waals surface area contributed by atoms with Crippen LogP contribution in [0.3, 0.4) is 0 Å². The van der Waals surface area contributed by atoms with Gasteiger partial charge in [-0.3, -0.25) is 9.59 Å². The molecule has 25 heavy (non-hydrogen) atoms. The van der Waals surface area contributed by atoms with E-state index in [1.807, 2.05) is 32.0 Å². The Hall–Kier alpha value is -3.41. The van der Waals surface area contributed by atoms with Crippen LogP contribution in [0.15, 0.2) is 54.6 Å². The number of carboxylic acid groups (broad SMARTS) is 1. The van der Waals surface area contributed by atoms with Gasteiger partial charge in [-0.25, -0.2) is 4.79 Å². The van der Waals surface area contributed by atoms with Crippen molar-refractivity contribution in [3.63, 3.8) is 0 Å². The fourth-order valence-electron chi connectivity index (χ4n) is 2.32. The molecule has 0 saturated carbocycles. The van der Waals surface area contributed by atoms with Gasteiger partial charge in [-0.15, -0.1) is 0 Å². The number of nitrogens with one attached hydrogen (secondary N) is 2. The zero-order chi connectivity index (χ0) is 18.4. The predicted molar refractivity (Wildman–Crippen MR) is 95.7 cm³/mol. The molecule has 0 aliphatic carbocycles. The third-order valence-corrected chi connectivity index (χ3v) is 3.25. The summed E-state index contributed by atoms with van der Waals surface area (Å²) in [5, 5.41) is 13.8. The van der Waals surface area contributed by atoms with E-state index in [0.717, 1.165) is 23.3 Å². The van der Waals surface area contributed by atoms with Crippen molar-refractivity contribution in [3.05, 3.63) is 71.3 Å². The maximum Gasteiger partial charge on any atom is 0.328 e. The quantitative estimate of drug-likeness (QED) is 0.730. The predicted octanol–water partition coefficient (Wildman–Crippen LogP) is 3.14. The van der Waals surface area contributed by atoms with E-state index in [1.54, 1.807) is 18.2 Å². The lowest BCUT2D eigenvalue weighted by Crippen LogP contribution is -2.13. The average Bonchev–Trinajstić information content (AvgIpc) is 2.52. The van der Waals surface area contributed by atoms with E-state index in [1.165, 1.54) is 6.07 Å². The van der Waals surface area contributed by atoms with Crippen molar-refractivity contribution in [1.82, 2.24) is 0 Å². The number of benzene rings is 2. The van der Waals surface area contributed by atoms with Crippen molar-refractivity contribution >= 4 is 29.2 Å². The number of hydrogen-bond acceptors (Lipinski definition) is 3. The van der Waals surface area contributed by atoms with Gasteiger partial charge in [0.15, 0.2) is 0 Å². The van der Waals surface area contributed by atoms with Crippen LogP contribution in [-0.4, -0.2) is 22.9 Å². The summed E-state index contributed by atoms with van der Waals surface area (Å²) in [6, 6.07) is 12.1. The van der Waals surface area contributed by atoms with E-state index in [4.69, 9.17) is 5.11 Å². The van der Waals surface area contributed by atoms with E-state index in [9.17, 15) is 14.4 Å². The molecule has 3 N–H and O–H groups in total. The number of carbonyl (C=O) groups excluding carboxylic acids is 2. The van der Waals surface area contributed by atoms with Crippen LogP contribution < -0.4 is 10.6 Å². The minimum absolute atomic E-state index is 0.304. The molecule has 128 valence electrons. The van der Waals surface area contributed by atoms with Crippen molar-refractivity contribution in [2.24, 2.45) is 0 Å². The molecular weight excluding hydrogens is 320 g/mol. The number of amides is 2. The van der Waals surface area contributed by atoms with Crippen LogP contribution in [0.5, 0.6) is 0 Å². The molecular formula is C19H18N2O4. The summed E-state index contributed by atoms with van der Waals surface area (Å²) < 4.78 is 0. The molecule has 2 amide bonds. The van der Waals surface area contributed by atoms with E-state index >= 15 is 0 Å². The van der Waals surface area contributed by atoms with Gasteiger partial charge in [0, 0.05) is 29.1 Å². The monoisotopic (exact) mass is 338 g/mol. The third-order valence-electron chi connectivity index (χ3n) is 3.25. The molecule has 0 radical (unpaired) electrons. The van der Waals surface area contributed by atoms with E-state index in [0.29, 0.717) is 16.9 Å². The molecule has 2 rings (SSSR count). The number of anilines is 2. The number of rotatable bonds is 5. The summed E-state index contributed by atoms with van der Waals surface area (Å²) in [4.78, 5) is 34.4. The largest absolute Gasteiger partial charge is 0.478 e. The van der Waals surface area contributed by atoms with Crippen LogP contribution in [0.1, 0.15) is 21.5 Å². The Morgan fingerprint density at radius 3 is 2.20 bits per heavy atom. The first-order valence-corrected chi connectivity index (χ1v) is 7.55. The molecule has 0 spiro atoms. The summed E-state index contributed by atoms with van der Waals surface area (Å²) in [6.07, 6.45) is 1.65. The van der Waals surface area contributed by atoms with Crippen molar-refractivity contribution in [2.75, 3.05) is 10.6 Å². The minimum Gasteiger partial charge on any atom is -0.478 e. The van der Waals surface area contributed by atoms with E-state index < -0.39 is 11.9 Å². The Morgan fingerprint density at radius 2 is 1.56 bits per heavy atom. The standard InChI is InChI=1S/C19H18N2O4/c1-12-8-13(2)10-16(9-12)21-19(25)14-4-3-5-15(11-14)20-17(22)6-7-18(23)24/h3-11H,1-2H3,(H,20,22)(H,21,25)(H,23,24)/b7-6-. The van der Waals surface area contributed by atoms with Crippen LogP contribution in [-0.2, 0) is 9.59 Å². The highest BCUT2D eigenvalue weighted by Crippen LogP contribution is 2.16. The van der Waals surface area contributed by atoms with Crippen LogP contribution in [0.25, 0.3) is 0 Å². The molecule has 0 saturated heterocycles. The lowest BCUT2D eigenvalue weighted by atomic mass is 10.1. The van der Waals surface area contributed by atoms with Gasteiger partial charge in [0.2, 0.25) is 5.91 Å². The van der Waals surface area contributed by atoms with Gasteiger partial charge in [0.25, 0.3) is 5.91 Å². The summed E-state index contributed by atoms with van der Waals surface area (Å²) in [6.45, 7) is 3.90. The van der Waals surface area contributed by atoms with Gasteiger partial charge in [0.05, 0.1) is 0 Å². The number of carbonyl (C=O) groups is 3. The number of hydrogen-bond donors (Lipinski definition) is 3. The topological polar surface area (TPSA) is 95.5 Å². The van der Waals surface area contributed by atoms with Crippen LogP contribution >= 0.6 is 0 Å². The highest BCUT2D eigenvalue weighted by atomic mass is 16.4. The fraction of sp³-hybridized carbons (Fsp3) is 0.105. The second-order valence-corrected chi connectivity index (χ2v) is 5.57. The first kappa shape index (κ1) is 17.9. The molecule has 0 bridgehead atoms. The molecule has 6 nitrogen and oxygen atoms in total. The second kappa shape index (κ2) is 7.92. The van der Waals surface area contributed by atoms with Gasteiger partial charge in [0.1, 0.15) is 0 Å². The summed E-state index contributed by atoms with van der Waals surface area (Å²) in [5.41, 5.74) is 3.55. The lowest BCUT2D eigenvalue weighted by Gasteiger charge is -2.09. The molecule has 0 unspecified atom stereocenters. The summed E-state index contributed by atoms with van der Waals surface area (Å²) in [5.74, 6) is -2.10. The highest BCUT2D eigenvalue weighted by molar-refractivity contribution is 6.06. The molecule has 0 aromatic heterocycles. The highest BCUT2D eigenvalue weighted by Gasteiger charge is 2.08. The van der Waals surface area contributed by atoms with Crippen molar-refractivity contribution in [2.45, 2.75) is 13.8 Å². The Morgan fingerprint density at radius 1 is 0.880 bits per heavy atom. The molecule has 2 aromatic rings. The molecule has 6 heteroatoms. The average molecular weight is 338 g/mol. The van der Waals surface area contributed by atoms with Gasteiger partial charge in [-0.2, -0.15) is 0 Å². The SMILES string of the molecule is Cc1cc(C)cc(NC(=O)c2cccc(NC(=O)/C=C\C(=O)O)c2)c1. The van der Waals surface area contributed by atoms with Gasteiger partial charge >= 0.3 is 5.97 Å². The van der Waals surface area contributed by atoms with Gasteiger partial charge in [-0.1, -0.05) is 12.1 Å². The number of aliphatic carboxylic acids is 1. The van der Waals surface area contributed by atoms with Crippen LogP contribution in [0.4, 0.5) is 11.4 Å². The van der Waals surface area contributed by atoms with Crippen molar-refractivity contribution in [1.29, 1.82) is 0 Å². The first-order valence-electron chi connectivity index (χ1n) is 7.55. The summed E-state index contributed by atoms with van der Waals surface area (Å²) >= 11 is 0. The Balaban J connectivity index is 2.10. The van der Waals surface area contributed by atoms with Crippen molar-refractivity contribution in [3.8, 4) is 0 Å². The fourth-order valence-corrected chi connectivity index (χ4v) is 2.32. The lowest BCUT2D eigenvalue weighted by molar-refractivity contribution is -0.131.